The van der Waals surface area contributed by atoms with Crippen molar-refractivity contribution in [3.63, 3.8) is 0 Å². The van der Waals surface area contributed by atoms with Crippen LogP contribution in [0.5, 0.6) is 0 Å². The van der Waals surface area contributed by atoms with E-state index in [2.05, 4.69) is 13.8 Å². The van der Waals surface area contributed by atoms with E-state index in [0.29, 0.717) is 0 Å². The average Bonchev–Trinajstić information content (AvgIpc) is 1.98. The minimum Gasteiger partial charge on any atom is -0.127 e. The first-order chi connectivity index (χ1) is 5.24. The Hall–Kier alpha value is 0.290. The molecular formula is C10H19Cl. The highest BCUT2D eigenvalue weighted by Crippen LogP contribution is 2.34. The van der Waals surface area contributed by atoms with E-state index < -0.39 is 0 Å². The van der Waals surface area contributed by atoms with Gasteiger partial charge >= 0.3 is 0 Å². The van der Waals surface area contributed by atoms with Crippen LogP contribution in [0.15, 0.2) is 0 Å². The summed E-state index contributed by atoms with van der Waals surface area (Å²) in [4.78, 5) is 0. The summed E-state index contributed by atoms with van der Waals surface area (Å²) < 4.78 is 0. The Kier molecular flexibility index (Phi) is 3.71. The van der Waals surface area contributed by atoms with Gasteiger partial charge in [-0.2, -0.15) is 0 Å². The lowest BCUT2D eigenvalue weighted by atomic mass is 9.75. The standard InChI is InChI=1S/C10H19Cl/c1-8-3-4-10(5-6-11)7-9(8)2/h8-10H,3-7H2,1-2H3. The normalized spacial score (nSPS) is 39.0. The maximum atomic E-state index is 5.72. The summed E-state index contributed by atoms with van der Waals surface area (Å²) in [7, 11) is 0. The molecule has 0 aliphatic heterocycles. The molecule has 0 saturated heterocycles. The summed E-state index contributed by atoms with van der Waals surface area (Å²) in [6.07, 6.45) is 5.48. The summed E-state index contributed by atoms with van der Waals surface area (Å²) >= 11 is 5.72. The lowest BCUT2D eigenvalue weighted by Crippen LogP contribution is -2.20. The monoisotopic (exact) mass is 174 g/mol. The molecule has 0 N–H and O–H groups in total. The lowest BCUT2D eigenvalue weighted by molar-refractivity contribution is 0.205. The molecule has 0 aromatic heterocycles. The topological polar surface area (TPSA) is 0 Å². The number of halogens is 1. The molecule has 1 aliphatic carbocycles. The summed E-state index contributed by atoms with van der Waals surface area (Å²) in [5.41, 5.74) is 0. The summed E-state index contributed by atoms with van der Waals surface area (Å²) in [6, 6.07) is 0. The van der Waals surface area contributed by atoms with Crippen LogP contribution >= 0.6 is 11.6 Å². The first-order valence-electron chi connectivity index (χ1n) is 4.80. The first-order valence-corrected chi connectivity index (χ1v) is 5.33. The molecule has 1 fully saturated rings. The largest absolute Gasteiger partial charge is 0.127 e. The number of hydrogen-bond acceptors (Lipinski definition) is 0. The smallest absolute Gasteiger partial charge is 0.0226 e. The second-order valence-corrected chi connectivity index (χ2v) is 4.49. The van der Waals surface area contributed by atoms with Gasteiger partial charge in [-0.15, -0.1) is 11.6 Å². The maximum Gasteiger partial charge on any atom is 0.0226 e. The van der Waals surface area contributed by atoms with Gasteiger partial charge in [0.15, 0.2) is 0 Å². The number of rotatable bonds is 2. The van der Waals surface area contributed by atoms with E-state index in [1.165, 1.54) is 25.7 Å². The van der Waals surface area contributed by atoms with Gasteiger partial charge in [0.2, 0.25) is 0 Å². The molecule has 0 aromatic carbocycles. The summed E-state index contributed by atoms with van der Waals surface area (Å²) in [6.45, 7) is 4.76. The molecule has 0 nitrogen and oxygen atoms in total. The quantitative estimate of drug-likeness (QED) is 0.561. The highest BCUT2D eigenvalue weighted by Gasteiger charge is 2.23. The van der Waals surface area contributed by atoms with Gasteiger partial charge in [0.25, 0.3) is 0 Å². The zero-order valence-corrected chi connectivity index (χ0v) is 8.40. The van der Waals surface area contributed by atoms with Crippen molar-refractivity contribution in [1.82, 2.24) is 0 Å². The molecule has 1 aliphatic rings. The van der Waals surface area contributed by atoms with E-state index >= 15 is 0 Å². The van der Waals surface area contributed by atoms with E-state index in [1.54, 1.807) is 0 Å². The third kappa shape index (κ3) is 2.66. The highest BCUT2D eigenvalue weighted by atomic mass is 35.5. The highest BCUT2D eigenvalue weighted by molar-refractivity contribution is 6.17. The molecule has 0 aromatic rings. The van der Waals surface area contributed by atoms with Crippen LogP contribution in [0.25, 0.3) is 0 Å². The van der Waals surface area contributed by atoms with Crippen LogP contribution in [0.3, 0.4) is 0 Å². The molecule has 66 valence electrons. The van der Waals surface area contributed by atoms with Crippen molar-refractivity contribution in [3.8, 4) is 0 Å². The Morgan fingerprint density at radius 1 is 1.18 bits per heavy atom. The molecule has 0 radical (unpaired) electrons. The Morgan fingerprint density at radius 2 is 1.91 bits per heavy atom. The Labute approximate surface area is 75.3 Å². The molecular weight excluding hydrogens is 156 g/mol. The average molecular weight is 175 g/mol. The van der Waals surface area contributed by atoms with Gasteiger partial charge in [-0.3, -0.25) is 0 Å². The lowest BCUT2D eigenvalue weighted by Gasteiger charge is -2.31. The van der Waals surface area contributed by atoms with Crippen LogP contribution in [0.4, 0.5) is 0 Å². The van der Waals surface area contributed by atoms with Gasteiger partial charge in [-0.1, -0.05) is 26.7 Å². The molecule has 0 bridgehead atoms. The fourth-order valence-electron chi connectivity index (χ4n) is 2.08. The van der Waals surface area contributed by atoms with Gasteiger partial charge < -0.3 is 0 Å². The van der Waals surface area contributed by atoms with Crippen molar-refractivity contribution in [1.29, 1.82) is 0 Å². The predicted molar refractivity (Wildman–Crippen MR) is 51.0 cm³/mol. The maximum absolute atomic E-state index is 5.72. The van der Waals surface area contributed by atoms with Gasteiger partial charge in [-0.25, -0.2) is 0 Å². The van der Waals surface area contributed by atoms with Gasteiger partial charge in [-0.05, 0) is 30.6 Å². The van der Waals surface area contributed by atoms with Crippen molar-refractivity contribution in [2.24, 2.45) is 17.8 Å². The molecule has 0 amide bonds. The van der Waals surface area contributed by atoms with Crippen molar-refractivity contribution in [2.45, 2.75) is 39.5 Å². The van der Waals surface area contributed by atoms with Crippen LogP contribution in [-0.2, 0) is 0 Å². The molecule has 1 saturated carbocycles. The second-order valence-electron chi connectivity index (χ2n) is 4.11. The molecule has 3 atom stereocenters. The molecule has 1 rings (SSSR count). The van der Waals surface area contributed by atoms with Crippen LogP contribution < -0.4 is 0 Å². The minimum absolute atomic E-state index is 0.853. The fourth-order valence-corrected chi connectivity index (χ4v) is 2.38. The zero-order chi connectivity index (χ0) is 8.27. The van der Waals surface area contributed by atoms with Gasteiger partial charge in [0.1, 0.15) is 0 Å². The van der Waals surface area contributed by atoms with Crippen LogP contribution in [-0.4, -0.2) is 5.88 Å². The van der Waals surface area contributed by atoms with E-state index in [0.717, 1.165) is 23.6 Å². The molecule has 11 heavy (non-hydrogen) atoms. The van der Waals surface area contributed by atoms with Crippen molar-refractivity contribution in [3.05, 3.63) is 0 Å². The molecule has 0 heterocycles. The Bertz CT molecular complexity index is 111. The summed E-state index contributed by atoms with van der Waals surface area (Å²) in [5, 5.41) is 0. The van der Waals surface area contributed by atoms with E-state index in [-0.39, 0.29) is 0 Å². The van der Waals surface area contributed by atoms with E-state index in [4.69, 9.17) is 11.6 Å². The van der Waals surface area contributed by atoms with E-state index in [1.807, 2.05) is 0 Å². The van der Waals surface area contributed by atoms with Gasteiger partial charge in [0, 0.05) is 5.88 Å². The summed E-state index contributed by atoms with van der Waals surface area (Å²) in [5.74, 6) is 3.66. The molecule has 0 spiro atoms. The predicted octanol–water partition coefficient (Wildman–Crippen LogP) is 3.69. The third-order valence-electron chi connectivity index (χ3n) is 3.22. The molecule has 3 unspecified atom stereocenters. The van der Waals surface area contributed by atoms with Crippen molar-refractivity contribution >= 4 is 11.6 Å². The van der Waals surface area contributed by atoms with Crippen LogP contribution in [0.2, 0.25) is 0 Å². The van der Waals surface area contributed by atoms with Crippen molar-refractivity contribution in [2.75, 3.05) is 5.88 Å². The number of hydrogen-bond donors (Lipinski definition) is 0. The second kappa shape index (κ2) is 4.35. The third-order valence-corrected chi connectivity index (χ3v) is 3.44. The SMILES string of the molecule is CC1CCC(CCCl)CC1C. The molecule has 1 heteroatoms. The fraction of sp³-hybridized carbons (Fsp3) is 1.00. The minimum atomic E-state index is 0.853. The van der Waals surface area contributed by atoms with Crippen LogP contribution in [0.1, 0.15) is 39.5 Å². The van der Waals surface area contributed by atoms with E-state index in [9.17, 15) is 0 Å². The number of alkyl halides is 1. The Balaban J connectivity index is 2.28. The van der Waals surface area contributed by atoms with Gasteiger partial charge in [0.05, 0.1) is 0 Å². The first kappa shape index (κ1) is 9.38. The van der Waals surface area contributed by atoms with Crippen LogP contribution in [0, 0.1) is 17.8 Å². The van der Waals surface area contributed by atoms with Crippen molar-refractivity contribution < 1.29 is 0 Å². The zero-order valence-electron chi connectivity index (χ0n) is 7.65. The Morgan fingerprint density at radius 3 is 2.45 bits per heavy atom.